The number of phenols is 2. The van der Waals surface area contributed by atoms with Gasteiger partial charge in [-0.25, -0.2) is 0 Å². The van der Waals surface area contributed by atoms with E-state index in [4.69, 9.17) is 0 Å². The highest BCUT2D eigenvalue weighted by molar-refractivity contribution is 7.99. The molecule has 3 aromatic rings. The normalized spacial score (nSPS) is 10.8. The molecule has 8 heteroatoms. The second-order valence-electron chi connectivity index (χ2n) is 5.51. The maximum absolute atomic E-state index is 12.3. The van der Waals surface area contributed by atoms with Crippen LogP contribution in [0.2, 0.25) is 0 Å². The van der Waals surface area contributed by atoms with Crippen LogP contribution in [0.4, 0.5) is 0 Å². The molecule has 0 aliphatic carbocycles. The molecule has 0 atom stereocenters. The molecule has 0 unspecified atom stereocenters. The van der Waals surface area contributed by atoms with Gasteiger partial charge in [0, 0.05) is 5.56 Å². The summed E-state index contributed by atoms with van der Waals surface area (Å²) in [6, 6.07) is 9.85. The van der Waals surface area contributed by atoms with Crippen LogP contribution in [0.1, 0.15) is 21.5 Å². The van der Waals surface area contributed by atoms with Gasteiger partial charge in [-0.2, -0.15) is 4.68 Å². The number of carbonyl (C=O) groups is 1. The van der Waals surface area contributed by atoms with Gasteiger partial charge in [0.05, 0.1) is 11.4 Å². The zero-order valence-corrected chi connectivity index (χ0v) is 14.5. The number of thioether (sulfide) groups is 1. The molecule has 3 rings (SSSR count). The van der Waals surface area contributed by atoms with E-state index in [1.165, 1.54) is 30.0 Å². The molecule has 0 bridgehead atoms. The third-order valence-electron chi connectivity index (χ3n) is 3.87. The number of rotatable bonds is 5. The highest BCUT2D eigenvalue weighted by Crippen LogP contribution is 2.27. The molecule has 1 aromatic heterocycles. The summed E-state index contributed by atoms with van der Waals surface area (Å²) in [6.07, 6.45) is 0. The van der Waals surface area contributed by atoms with E-state index >= 15 is 0 Å². The average Bonchev–Trinajstić information content (AvgIpc) is 3.06. The van der Waals surface area contributed by atoms with Crippen LogP contribution in [0.25, 0.3) is 5.69 Å². The number of Topliss-reactive ketones (excluding diaryl/α,β-unsaturated/α-hetero) is 1. The topological polar surface area (TPSA) is 101 Å². The average molecular weight is 356 g/mol. The number of nitrogens with zero attached hydrogens (tertiary/aromatic N) is 4. The number of tetrazole rings is 1. The zero-order valence-electron chi connectivity index (χ0n) is 13.7. The van der Waals surface area contributed by atoms with E-state index < -0.39 is 0 Å². The van der Waals surface area contributed by atoms with Crippen molar-refractivity contribution in [2.45, 2.75) is 19.0 Å². The van der Waals surface area contributed by atoms with E-state index in [-0.39, 0.29) is 23.0 Å². The molecule has 128 valence electrons. The standard InChI is InChI=1S/C17H16N4O3S/c1-10-4-3-5-13(11(10)2)21-17(18-19-20-21)25-9-16(24)12-6-7-14(22)15(23)8-12/h3-8,22-23H,9H2,1-2H3. The minimum Gasteiger partial charge on any atom is -0.504 e. The van der Waals surface area contributed by atoms with Crippen molar-refractivity contribution in [3.63, 3.8) is 0 Å². The summed E-state index contributed by atoms with van der Waals surface area (Å²) >= 11 is 1.21. The van der Waals surface area contributed by atoms with E-state index in [0.29, 0.717) is 10.7 Å². The van der Waals surface area contributed by atoms with Crippen molar-refractivity contribution in [1.82, 2.24) is 20.2 Å². The molecule has 7 nitrogen and oxygen atoms in total. The number of hydrogen-bond acceptors (Lipinski definition) is 7. The summed E-state index contributed by atoms with van der Waals surface area (Å²) < 4.78 is 1.61. The monoisotopic (exact) mass is 356 g/mol. The molecule has 1 heterocycles. The maximum atomic E-state index is 12.3. The molecule has 0 radical (unpaired) electrons. The smallest absolute Gasteiger partial charge is 0.214 e. The van der Waals surface area contributed by atoms with Crippen molar-refractivity contribution < 1.29 is 15.0 Å². The summed E-state index contributed by atoms with van der Waals surface area (Å²) in [5.74, 6) is -0.676. The molecular formula is C17H16N4O3S. The SMILES string of the molecule is Cc1cccc(-n2nnnc2SCC(=O)c2ccc(O)c(O)c2)c1C. The van der Waals surface area contributed by atoms with E-state index in [9.17, 15) is 15.0 Å². The maximum Gasteiger partial charge on any atom is 0.214 e. The van der Waals surface area contributed by atoms with Gasteiger partial charge >= 0.3 is 0 Å². The van der Waals surface area contributed by atoms with Gasteiger partial charge in [0.25, 0.3) is 0 Å². The Morgan fingerprint density at radius 2 is 1.96 bits per heavy atom. The van der Waals surface area contributed by atoms with Gasteiger partial charge in [0.2, 0.25) is 5.16 Å². The molecule has 0 saturated heterocycles. The Labute approximate surface area is 148 Å². The number of hydrogen-bond donors (Lipinski definition) is 2. The highest BCUT2D eigenvalue weighted by Gasteiger charge is 2.15. The highest BCUT2D eigenvalue weighted by atomic mass is 32.2. The molecule has 25 heavy (non-hydrogen) atoms. The minimum atomic E-state index is -0.323. The number of phenolic OH excluding ortho intramolecular Hbond substituents is 2. The lowest BCUT2D eigenvalue weighted by Crippen LogP contribution is -2.06. The molecule has 0 spiro atoms. The van der Waals surface area contributed by atoms with Crippen LogP contribution in [0.3, 0.4) is 0 Å². The molecular weight excluding hydrogens is 340 g/mol. The number of ketones is 1. The lowest BCUT2D eigenvalue weighted by atomic mass is 10.1. The number of carbonyl (C=O) groups excluding carboxylic acids is 1. The van der Waals surface area contributed by atoms with Crippen LogP contribution < -0.4 is 0 Å². The molecule has 0 aliphatic rings. The van der Waals surface area contributed by atoms with Gasteiger partial charge in [-0.1, -0.05) is 23.9 Å². The van der Waals surface area contributed by atoms with Crippen molar-refractivity contribution >= 4 is 17.5 Å². The third kappa shape index (κ3) is 3.48. The Balaban J connectivity index is 1.79. The summed E-state index contributed by atoms with van der Waals surface area (Å²) in [7, 11) is 0. The van der Waals surface area contributed by atoms with Crippen LogP contribution in [0.5, 0.6) is 11.5 Å². The predicted molar refractivity (Wildman–Crippen MR) is 93.5 cm³/mol. The van der Waals surface area contributed by atoms with E-state index in [1.807, 2.05) is 32.0 Å². The zero-order chi connectivity index (χ0) is 18.0. The van der Waals surface area contributed by atoms with E-state index in [1.54, 1.807) is 4.68 Å². The Morgan fingerprint density at radius 1 is 1.16 bits per heavy atom. The molecule has 0 saturated carbocycles. The second-order valence-corrected chi connectivity index (χ2v) is 6.45. The number of aromatic nitrogens is 4. The van der Waals surface area contributed by atoms with Crippen molar-refractivity contribution in [3.8, 4) is 17.2 Å². The van der Waals surface area contributed by atoms with Crippen LogP contribution in [-0.2, 0) is 0 Å². The van der Waals surface area contributed by atoms with Crippen LogP contribution in [0, 0.1) is 13.8 Å². The Hall–Kier alpha value is -2.87. The third-order valence-corrected chi connectivity index (χ3v) is 4.79. The van der Waals surface area contributed by atoms with Gasteiger partial charge < -0.3 is 10.2 Å². The summed E-state index contributed by atoms with van der Waals surface area (Å²) in [5, 5.41) is 31.0. The van der Waals surface area contributed by atoms with Crippen LogP contribution >= 0.6 is 11.8 Å². The number of aryl methyl sites for hydroxylation is 1. The van der Waals surface area contributed by atoms with Gasteiger partial charge in [-0.15, -0.1) is 5.10 Å². The van der Waals surface area contributed by atoms with Crippen molar-refractivity contribution in [2.75, 3.05) is 5.75 Å². The van der Waals surface area contributed by atoms with Crippen molar-refractivity contribution in [2.24, 2.45) is 0 Å². The Bertz CT molecular complexity index is 939. The number of aromatic hydroxyl groups is 2. The molecule has 0 aliphatic heterocycles. The van der Waals surface area contributed by atoms with Gasteiger partial charge in [-0.05, 0) is 59.7 Å². The van der Waals surface area contributed by atoms with Gasteiger partial charge in [-0.3, -0.25) is 4.79 Å². The molecule has 2 aromatic carbocycles. The summed E-state index contributed by atoms with van der Waals surface area (Å²) in [5.41, 5.74) is 3.36. The predicted octanol–water partition coefficient (Wildman–Crippen LogP) is 2.67. The quantitative estimate of drug-likeness (QED) is 0.412. The summed E-state index contributed by atoms with van der Waals surface area (Å²) in [6.45, 7) is 4.00. The Kier molecular flexibility index (Phi) is 4.71. The molecule has 0 fully saturated rings. The second kappa shape index (κ2) is 6.94. The van der Waals surface area contributed by atoms with Crippen LogP contribution in [0.15, 0.2) is 41.6 Å². The lowest BCUT2D eigenvalue weighted by Gasteiger charge is -2.09. The fraction of sp³-hybridized carbons (Fsp3) is 0.176. The van der Waals surface area contributed by atoms with E-state index in [2.05, 4.69) is 15.5 Å². The molecule has 0 amide bonds. The first-order valence-corrected chi connectivity index (χ1v) is 8.49. The van der Waals surface area contributed by atoms with Gasteiger partial charge in [0.1, 0.15) is 0 Å². The van der Waals surface area contributed by atoms with Gasteiger partial charge in [0.15, 0.2) is 17.3 Å². The Morgan fingerprint density at radius 3 is 2.72 bits per heavy atom. The van der Waals surface area contributed by atoms with E-state index in [0.717, 1.165) is 16.8 Å². The number of benzene rings is 2. The van der Waals surface area contributed by atoms with Crippen LogP contribution in [-0.4, -0.2) is 42.0 Å². The van der Waals surface area contributed by atoms with Crippen molar-refractivity contribution in [1.29, 1.82) is 0 Å². The first-order valence-electron chi connectivity index (χ1n) is 7.50. The summed E-state index contributed by atoms with van der Waals surface area (Å²) in [4.78, 5) is 12.3. The first kappa shape index (κ1) is 17.0. The lowest BCUT2D eigenvalue weighted by molar-refractivity contribution is 0.102. The minimum absolute atomic E-state index is 0.107. The fourth-order valence-corrected chi connectivity index (χ4v) is 3.07. The largest absolute Gasteiger partial charge is 0.504 e. The fourth-order valence-electron chi connectivity index (χ4n) is 2.30. The first-order chi connectivity index (χ1) is 12.0. The van der Waals surface area contributed by atoms with Crippen molar-refractivity contribution in [3.05, 3.63) is 53.1 Å². The molecule has 2 N–H and O–H groups in total.